The molecule has 0 amide bonds. The Morgan fingerprint density at radius 2 is 1.15 bits per heavy atom. The van der Waals surface area contributed by atoms with Crippen LogP contribution >= 0.6 is 0 Å². The van der Waals surface area contributed by atoms with Crippen molar-refractivity contribution in [1.82, 2.24) is 0 Å². The largest absolute Gasteiger partial charge is 0.326 e. The summed E-state index contributed by atoms with van der Waals surface area (Å²) in [6.07, 6.45) is 6.13. The van der Waals surface area contributed by atoms with Crippen LogP contribution in [0.1, 0.15) is 87.5 Å². The lowest BCUT2D eigenvalue weighted by Crippen LogP contribution is -2.43. The molecule has 1 aliphatic carbocycles. The summed E-state index contributed by atoms with van der Waals surface area (Å²) in [6, 6.07) is 0. The first kappa shape index (κ1) is 18.0. The maximum absolute atomic E-state index is 6.29. The number of nitrogens with two attached hydrogens (primary N) is 2. The second-order valence-corrected chi connectivity index (χ2v) is 10.3. The van der Waals surface area contributed by atoms with Crippen molar-refractivity contribution in [2.24, 2.45) is 27.7 Å². The molecule has 0 aromatic rings. The van der Waals surface area contributed by atoms with Gasteiger partial charge in [0.1, 0.15) is 0 Å². The van der Waals surface area contributed by atoms with Gasteiger partial charge in [0.15, 0.2) is 0 Å². The van der Waals surface area contributed by atoms with E-state index < -0.39 is 0 Å². The summed E-state index contributed by atoms with van der Waals surface area (Å²) in [7, 11) is 0. The van der Waals surface area contributed by atoms with Crippen molar-refractivity contribution >= 4 is 0 Å². The topological polar surface area (TPSA) is 52.0 Å². The molecule has 0 aromatic heterocycles. The van der Waals surface area contributed by atoms with Crippen LogP contribution in [0.3, 0.4) is 0 Å². The molecule has 20 heavy (non-hydrogen) atoms. The number of hydrogen-bond donors (Lipinski definition) is 2. The molecule has 120 valence electrons. The van der Waals surface area contributed by atoms with Gasteiger partial charge in [-0.05, 0) is 76.0 Å². The van der Waals surface area contributed by atoms with Gasteiger partial charge in [0.05, 0.1) is 0 Å². The van der Waals surface area contributed by atoms with Gasteiger partial charge in [0.25, 0.3) is 0 Å². The van der Waals surface area contributed by atoms with Crippen molar-refractivity contribution in [3.8, 4) is 0 Å². The van der Waals surface area contributed by atoms with Crippen molar-refractivity contribution in [2.75, 3.05) is 0 Å². The van der Waals surface area contributed by atoms with Crippen LogP contribution in [0.4, 0.5) is 0 Å². The molecular formula is C18H38N2. The molecule has 0 radical (unpaired) electrons. The quantitative estimate of drug-likeness (QED) is 0.724. The van der Waals surface area contributed by atoms with Gasteiger partial charge in [0, 0.05) is 11.1 Å². The first-order valence-electron chi connectivity index (χ1n) is 8.16. The molecule has 0 bridgehead atoms. The van der Waals surface area contributed by atoms with Crippen molar-refractivity contribution in [1.29, 1.82) is 0 Å². The second-order valence-electron chi connectivity index (χ2n) is 10.3. The predicted molar refractivity (Wildman–Crippen MR) is 89.6 cm³/mol. The fourth-order valence-corrected chi connectivity index (χ4v) is 4.78. The molecular weight excluding hydrogens is 244 g/mol. The molecule has 1 fully saturated rings. The average Bonchev–Trinajstić information content (AvgIpc) is 2.73. The highest BCUT2D eigenvalue weighted by Crippen LogP contribution is 2.66. The van der Waals surface area contributed by atoms with Crippen LogP contribution in [0.5, 0.6) is 0 Å². The van der Waals surface area contributed by atoms with Crippen LogP contribution < -0.4 is 11.5 Å². The third-order valence-electron chi connectivity index (χ3n) is 4.94. The number of hydrogen-bond acceptors (Lipinski definition) is 2. The molecule has 1 saturated carbocycles. The van der Waals surface area contributed by atoms with Crippen molar-refractivity contribution in [2.45, 2.75) is 98.6 Å². The standard InChI is InChI=1S/C18H38N2/c1-14(2,11-16(5,6)19)12-18(9-10-18)15(3,4)13-17(7,8)20/h9-13,19-20H2,1-8H3. The van der Waals surface area contributed by atoms with Gasteiger partial charge in [-0.1, -0.05) is 27.7 Å². The predicted octanol–water partition coefficient (Wildman–Crippen LogP) is 4.46. The summed E-state index contributed by atoms with van der Waals surface area (Å²) in [6.45, 7) is 18.2. The van der Waals surface area contributed by atoms with E-state index in [1.807, 2.05) is 0 Å². The summed E-state index contributed by atoms with van der Waals surface area (Å²) in [5.41, 5.74) is 13.4. The van der Waals surface area contributed by atoms with Crippen LogP contribution in [0.2, 0.25) is 0 Å². The fraction of sp³-hybridized carbons (Fsp3) is 1.00. The summed E-state index contributed by atoms with van der Waals surface area (Å²) in [4.78, 5) is 0. The van der Waals surface area contributed by atoms with Gasteiger partial charge in [-0.3, -0.25) is 0 Å². The van der Waals surface area contributed by atoms with E-state index in [4.69, 9.17) is 11.5 Å². The van der Waals surface area contributed by atoms with Gasteiger partial charge in [-0.2, -0.15) is 0 Å². The molecule has 0 heterocycles. The van der Waals surface area contributed by atoms with Gasteiger partial charge in [-0.25, -0.2) is 0 Å². The Morgan fingerprint density at radius 1 is 0.750 bits per heavy atom. The molecule has 2 heteroatoms. The summed E-state index contributed by atoms with van der Waals surface area (Å²) < 4.78 is 0. The van der Waals surface area contributed by atoms with Crippen molar-refractivity contribution < 1.29 is 0 Å². The van der Waals surface area contributed by atoms with E-state index in [1.165, 1.54) is 19.3 Å². The van der Waals surface area contributed by atoms with Crippen LogP contribution in [0.15, 0.2) is 0 Å². The van der Waals surface area contributed by atoms with E-state index in [-0.39, 0.29) is 11.1 Å². The molecule has 1 aliphatic rings. The van der Waals surface area contributed by atoms with Crippen molar-refractivity contribution in [3.05, 3.63) is 0 Å². The SMILES string of the molecule is CC(C)(N)CC(C)(C)CC1(C(C)(C)CC(C)(C)N)CC1. The zero-order valence-electron chi connectivity index (χ0n) is 15.2. The second kappa shape index (κ2) is 4.98. The molecule has 2 nitrogen and oxygen atoms in total. The zero-order chi connectivity index (χ0) is 16.0. The highest BCUT2D eigenvalue weighted by atomic mass is 14.7. The third kappa shape index (κ3) is 5.04. The molecule has 0 atom stereocenters. The normalized spacial score (nSPS) is 20.1. The van der Waals surface area contributed by atoms with Crippen LogP contribution in [-0.4, -0.2) is 11.1 Å². The maximum Gasteiger partial charge on any atom is 0.0102 e. The Balaban J connectivity index is 2.80. The van der Waals surface area contributed by atoms with Gasteiger partial charge >= 0.3 is 0 Å². The van der Waals surface area contributed by atoms with E-state index in [9.17, 15) is 0 Å². The fourth-order valence-electron chi connectivity index (χ4n) is 4.78. The number of rotatable bonds is 7. The highest BCUT2D eigenvalue weighted by molar-refractivity contribution is 5.07. The minimum Gasteiger partial charge on any atom is -0.326 e. The van der Waals surface area contributed by atoms with Crippen LogP contribution in [0.25, 0.3) is 0 Å². The summed E-state index contributed by atoms with van der Waals surface area (Å²) in [5.74, 6) is 0. The Morgan fingerprint density at radius 3 is 1.45 bits per heavy atom. The molecule has 4 N–H and O–H groups in total. The first-order chi connectivity index (χ1) is 8.58. The van der Waals surface area contributed by atoms with E-state index >= 15 is 0 Å². The van der Waals surface area contributed by atoms with Gasteiger partial charge < -0.3 is 11.5 Å². The van der Waals surface area contributed by atoms with Crippen molar-refractivity contribution in [3.63, 3.8) is 0 Å². The first-order valence-corrected chi connectivity index (χ1v) is 8.16. The van der Waals surface area contributed by atoms with E-state index in [0.717, 1.165) is 12.8 Å². The maximum atomic E-state index is 6.29. The zero-order valence-corrected chi connectivity index (χ0v) is 15.2. The Kier molecular flexibility index (Phi) is 4.48. The lowest BCUT2D eigenvalue weighted by molar-refractivity contribution is 0.0741. The molecule has 0 saturated heterocycles. The Hall–Kier alpha value is -0.0800. The molecule has 1 rings (SSSR count). The minimum atomic E-state index is -0.0869. The average molecular weight is 283 g/mol. The summed E-state index contributed by atoms with van der Waals surface area (Å²) in [5, 5.41) is 0. The third-order valence-corrected chi connectivity index (χ3v) is 4.94. The summed E-state index contributed by atoms with van der Waals surface area (Å²) >= 11 is 0. The van der Waals surface area contributed by atoms with E-state index in [0.29, 0.717) is 16.2 Å². The van der Waals surface area contributed by atoms with Crippen LogP contribution in [-0.2, 0) is 0 Å². The highest BCUT2D eigenvalue weighted by Gasteiger charge is 2.56. The molecule has 0 aliphatic heterocycles. The Bertz CT molecular complexity index is 335. The van der Waals surface area contributed by atoms with Gasteiger partial charge in [-0.15, -0.1) is 0 Å². The van der Waals surface area contributed by atoms with E-state index in [2.05, 4.69) is 55.4 Å². The smallest absolute Gasteiger partial charge is 0.0102 e. The minimum absolute atomic E-state index is 0.0864. The molecule has 0 unspecified atom stereocenters. The Labute approximate surface area is 127 Å². The van der Waals surface area contributed by atoms with Gasteiger partial charge in [0.2, 0.25) is 0 Å². The van der Waals surface area contributed by atoms with E-state index in [1.54, 1.807) is 0 Å². The van der Waals surface area contributed by atoms with Crippen LogP contribution in [0, 0.1) is 16.2 Å². The lowest BCUT2D eigenvalue weighted by atomic mass is 9.62. The molecule has 0 spiro atoms. The molecule has 0 aromatic carbocycles. The monoisotopic (exact) mass is 282 g/mol. The lowest BCUT2D eigenvalue weighted by Gasteiger charge is -2.44.